The SMILES string of the molecule is C.C.C.C.C.CC.CC.CC.CC.CC.CC.CC.CCC.CCC.CCC.CCC. The lowest BCUT2D eigenvalue weighted by Gasteiger charge is -1.48. The third-order valence-electron chi connectivity index (χ3n) is 0. The molecule has 0 saturated carbocycles. The van der Waals surface area contributed by atoms with Gasteiger partial charge in [0.25, 0.3) is 0 Å². The van der Waals surface area contributed by atoms with E-state index in [4.69, 9.17) is 0 Å². The van der Waals surface area contributed by atoms with Crippen molar-refractivity contribution < 1.29 is 0 Å². The van der Waals surface area contributed by atoms with Crippen LogP contribution < -0.4 is 0 Å². The molecule has 0 bridgehead atoms. The Kier molecular flexibility index (Phi) is 6310. The zero-order valence-corrected chi connectivity index (χ0v) is 24.8. The van der Waals surface area contributed by atoms with E-state index in [2.05, 4.69) is 55.4 Å². The summed E-state index contributed by atoms with van der Waals surface area (Å²) >= 11 is 0. The maximum Gasteiger partial charge on any atom is -0.0590 e. The van der Waals surface area contributed by atoms with Crippen LogP contribution in [0.2, 0.25) is 0 Å². The van der Waals surface area contributed by atoms with Gasteiger partial charge in [-0.15, -0.1) is 0 Å². The minimum Gasteiger partial charge on any atom is -0.0776 e. The molecule has 0 heteroatoms. The molecule has 0 aromatic rings. The number of hydrogen-bond donors (Lipinski definition) is 0. The molecule has 0 aromatic heterocycles. The maximum absolute atomic E-state index is 2.12. The molecule has 31 heavy (non-hydrogen) atoms. The lowest BCUT2D eigenvalue weighted by Crippen LogP contribution is -1.27. The van der Waals surface area contributed by atoms with Crippen LogP contribution in [0.4, 0.5) is 0 Å². The highest BCUT2D eigenvalue weighted by molar-refractivity contribution is 3.93. The van der Waals surface area contributed by atoms with Gasteiger partial charge in [-0.1, -0.05) is 215 Å². The van der Waals surface area contributed by atoms with Crippen LogP contribution in [0.15, 0.2) is 0 Å². The van der Waals surface area contributed by atoms with Crippen LogP contribution in [0.25, 0.3) is 0 Å². The van der Waals surface area contributed by atoms with Crippen molar-refractivity contribution in [2.75, 3.05) is 0 Å². The molecule has 0 aromatic carbocycles. The third-order valence-corrected chi connectivity index (χ3v) is 0. The predicted molar refractivity (Wildman–Crippen MR) is 177 cm³/mol. The Morgan fingerprint density at radius 2 is 0.194 bits per heavy atom. The molecule has 0 aliphatic rings. The van der Waals surface area contributed by atoms with Crippen LogP contribution in [0, 0.1) is 0 Å². The fourth-order valence-corrected chi connectivity index (χ4v) is 0. The highest BCUT2D eigenvalue weighted by Gasteiger charge is 1.36. The molecule has 0 unspecified atom stereocenters. The average molecular weight is 467 g/mol. The summed E-state index contributed by atoms with van der Waals surface area (Å²) in [4.78, 5) is 0. The molecule has 0 fully saturated rings. The van der Waals surface area contributed by atoms with Crippen LogP contribution in [-0.2, 0) is 0 Å². The van der Waals surface area contributed by atoms with E-state index < -0.39 is 0 Å². The molecule has 0 radical (unpaired) electrons. The van der Waals surface area contributed by atoms with Gasteiger partial charge in [-0.25, -0.2) is 0 Å². The van der Waals surface area contributed by atoms with Gasteiger partial charge in [0.1, 0.15) is 0 Å². The van der Waals surface area contributed by atoms with Crippen LogP contribution in [0.5, 0.6) is 0 Å². The summed E-state index contributed by atoms with van der Waals surface area (Å²) in [5, 5.41) is 0. The Morgan fingerprint density at radius 3 is 0.194 bits per heavy atom. The first-order valence-electron chi connectivity index (χ1n) is 12.7. The first-order valence-corrected chi connectivity index (χ1v) is 12.7. The topological polar surface area (TPSA) is 0 Å². The monoisotopic (exact) mass is 467 g/mol. The average Bonchev–Trinajstić information content (AvgIpc) is 2.75. The largest absolute Gasteiger partial charge is 0.0776 e. The maximum atomic E-state index is 2.12. The van der Waals surface area contributed by atoms with E-state index in [0.717, 1.165) is 0 Å². The molecule has 0 amide bonds. The van der Waals surface area contributed by atoms with Gasteiger partial charge >= 0.3 is 0 Å². The number of rotatable bonds is 0. The zero-order valence-electron chi connectivity index (χ0n) is 24.8. The predicted octanol–water partition coefficient (Wildman–Crippen LogP) is 16.0. The Labute approximate surface area is 215 Å². The van der Waals surface area contributed by atoms with Crippen LogP contribution in [0.1, 0.15) is 215 Å². The van der Waals surface area contributed by atoms with Crippen molar-refractivity contribution in [2.24, 2.45) is 0 Å². The van der Waals surface area contributed by atoms with Gasteiger partial charge < -0.3 is 0 Å². The molecular weight excluding hydrogens is 372 g/mol. The van der Waals surface area contributed by atoms with Crippen LogP contribution in [0.3, 0.4) is 0 Å². The van der Waals surface area contributed by atoms with E-state index >= 15 is 0 Å². The minimum atomic E-state index is 0. The van der Waals surface area contributed by atoms with E-state index in [-0.39, 0.29) is 37.1 Å². The molecule has 0 aliphatic carbocycles. The zero-order chi connectivity index (χ0) is 24.8. The molecule has 0 atom stereocenters. The quantitative estimate of drug-likeness (QED) is 0.333. The molecule has 0 rings (SSSR count). The second kappa shape index (κ2) is 1580. The summed E-state index contributed by atoms with van der Waals surface area (Å²) in [7, 11) is 0. The molecule has 0 spiro atoms. The molecule has 218 valence electrons. The molecule has 0 nitrogen and oxygen atoms in total. The van der Waals surface area contributed by atoms with Crippen molar-refractivity contribution in [1.29, 1.82) is 0 Å². The highest BCUT2D eigenvalue weighted by Crippen LogP contribution is 1.57. The third kappa shape index (κ3) is 0. The second-order valence-electron chi connectivity index (χ2n) is 2.83. The summed E-state index contributed by atoms with van der Waals surface area (Å²) < 4.78 is 0. The summed E-state index contributed by atoms with van der Waals surface area (Å²) in [5.41, 5.74) is 0. The molecule has 0 N–H and O–H groups in total. The summed E-state index contributed by atoms with van der Waals surface area (Å²) in [5.74, 6) is 0. The van der Waals surface area contributed by atoms with Crippen molar-refractivity contribution in [3.05, 3.63) is 0 Å². The lowest BCUT2D eigenvalue weighted by atomic mass is 10.6. The summed E-state index contributed by atoms with van der Waals surface area (Å²) in [6, 6.07) is 0. The first-order chi connectivity index (χ1) is 12.7. The van der Waals surface area contributed by atoms with Gasteiger partial charge in [0, 0.05) is 0 Å². The van der Waals surface area contributed by atoms with Gasteiger partial charge in [0.15, 0.2) is 0 Å². The van der Waals surface area contributed by atoms with Crippen molar-refractivity contribution in [3.8, 4) is 0 Å². The van der Waals surface area contributed by atoms with Crippen molar-refractivity contribution in [3.63, 3.8) is 0 Å². The summed E-state index contributed by atoms with van der Waals surface area (Å²) in [6.45, 7) is 45.0. The van der Waals surface area contributed by atoms with Gasteiger partial charge in [-0.2, -0.15) is 0 Å². The normalized spacial score (nSPS) is 3.68. The first kappa shape index (κ1) is 124. The molecule has 0 aliphatic heterocycles. The van der Waals surface area contributed by atoms with E-state index in [1.165, 1.54) is 25.7 Å². The van der Waals surface area contributed by atoms with Crippen LogP contribution >= 0.6 is 0 Å². The molecular formula is C31H94. The minimum absolute atomic E-state index is 0. The van der Waals surface area contributed by atoms with Crippen molar-refractivity contribution in [1.82, 2.24) is 0 Å². The van der Waals surface area contributed by atoms with Gasteiger partial charge in [0.2, 0.25) is 0 Å². The van der Waals surface area contributed by atoms with Gasteiger partial charge in [0.05, 0.1) is 0 Å². The fourth-order valence-electron chi connectivity index (χ4n) is 0. The Hall–Kier alpha value is 0. The summed E-state index contributed by atoms with van der Waals surface area (Å²) in [6.07, 6.45) is 5.00. The van der Waals surface area contributed by atoms with E-state index in [1.807, 2.05) is 96.9 Å². The van der Waals surface area contributed by atoms with E-state index in [1.54, 1.807) is 0 Å². The lowest BCUT2D eigenvalue weighted by molar-refractivity contribution is 1.09. The fraction of sp³-hybridized carbons (Fsp3) is 1.00. The van der Waals surface area contributed by atoms with Gasteiger partial charge in [-0.05, 0) is 0 Å². The Bertz CT molecular complexity index is 8.00. The van der Waals surface area contributed by atoms with Crippen molar-refractivity contribution in [2.45, 2.75) is 215 Å². The van der Waals surface area contributed by atoms with Crippen LogP contribution in [-0.4, -0.2) is 0 Å². The Morgan fingerprint density at radius 1 is 0.194 bits per heavy atom. The Balaban J connectivity index is -0.00000000565. The van der Waals surface area contributed by atoms with Crippen molar-refractivity contribution >= 4 is 0 Å². The highest BCUT2D eigenvalue weighted by atomic mass is 13.4. The molecule has 0 heterocycles. The molecule has 0 saturated heterocycles. The second-order valence-corrected chi connectivity index (χ2v) is 2.83. The standard InChI is InChI=1S/4C3H8.7C2H6.5CH4/c4*1-3-2;7*1-2;;;;;/h4*3H2,1-2H3;7*1-2H3;5*1H4. The number of hydrogen-bond acceptors (Lipinski definition) is 0. The van der Waals surface area contributed by atoms with E-state index in [9.17, 15) is 0 Å². The smallest absolute Gasteiger partial charge is 0.0590 e. The van der Waals surface area contributed by atoms with Gasteiger partial charge in [-0.3, -0.25) is 0 Å². The van der Waals surface area contributed by atoms with E-state index in [0.29, 0.717) is 0 Å².